The zero-order valence-corrected chi connectivity index (χ0v) is 19.8. The SMILES string of the molecule is C/C=C\Oc1ccc(-c2ccc(-c3ccc(C4OCC(C(O)CC)CO4)c(F)c3F)cc2)c(F)c1F. The predicted octanol–water partition coefficient (Wildman–Crippen LogP) is 6.92. The van der Waals surface area contributed by atoms with Crippen LogP contribution in [0.4, 0.5) is 17.6 Å². The predicted molar refractivity (Wildman–Crippen MR) is 127 cm³/mol. The van der Waals surface area contributed by atoms with Crippen molar-refractivity contribution < 1.29 is 36.9 Å². The van der Waals surface area contributed by atoms with Crippen molar-refractivity contribution in [1.82, 2.24) is 0 Å². The maximum absolute atomic E-state index is 15.0. The molecule has 0 saturated carbocycles. The van der Waals surface area contributed by atoms with E-state index in [1.165, 1.54) is 54.8 Å². The lowest BCUT2D eigenvalue weighted by atomic mass is 9.98. The first kappa shape index (κ1) is 25.9. The van der Waals surface area contributed by atoms with Gasteiger partial charge in [-0.2, -0.15) is 4.39 Å². The van der Waals surface area contributed by atoms with Crippen molar-refractivity contribution in [2.75, 3.05) is 13.2 Å². The van der Waals surface area contributed by atoms with E-state index in [1.54, 1.807) is 13.0 Å². The molecule has 0 aliphatic carbocycles. The van der Waals surface area contributed by atoms with Crippen LogP contribution in [-0.2, 0) is 9.47 Å². The summed E-state index contributed by atoms with van der Waals surface area (Å²) in [5.41, 5.74) is 0.645. The maximum atomic E-state index is 15.0. The minimum atomic E-state index is -1.12. The van der Waals surface area contributed by atoms with E-state index in [2.05, 4.69) is 0 Å². The smallest absolute Gasteiger partial charge is 0.201 e. The molecule has 190 valence electrons. The van der Waals surface area contributed by atoms with E-state index in [1.807, 2.05) is 6.92 Å². The fraction of sp³-hybridized carbons (Fsp3) is 0.286. The van der Waals surface area contributed by atoms with Gasteiger partial charge >= 0.3 is 0 Å². The summed E-state index contributed by atoms with van der Waals surface area (Å²) >= 11 is 0. The Balaban J connectivity index is 1.54. The van der Waals surface area contributed by atoms with Crippen LogP contribution < -0.4 is 4.74 Å². The van der Waals surface area contributed by atoms with Gasteiger partial charge in [-0.05, 0) is 36.6 Å². The molecular formula is C28H26F4O4. The van der Waals surface area contributed by atoms with E-state index >= 15 is 0 Å². The Morgan fingerprint density at radius 2 is 1.42 bits per heavy atom. The van der Waals surface area contributed by atoms with E-state index in [-0.39, 0.29) is 41.6 Å². The molecule has 3 aromatic rings. The molecule has 4 nitrogen and oxygen atoms in total. The van der Waals surface area contributed by atoms with Gasteiger partial charge in [-0.15, -0.1) is 0 Å². The highest BCUT2D eigenvalue weighted by Gasteiger charge is 2.30. The van der Waals surface area contributed by atoms with E-state index in [0.717, 1.165) is 0 Å². The van der Waals surface area contributed by atoms with Crippen LogP contribution in [-0.4, -0.2) is 24.4 Å². The fourth-order valence-electron chi connectivity index (χ4n) is 4.04. The molecule has 1 N–H and O–H groups in total. The first-order valence-corrected chi connectivity index (χ1v) is 11.6. The van der Waals surface area contributed by atoms with Gasteiger partial charge in [0.1, 0.15) is 0 Å². The topological polar surface area (TPSA) is 47.9 Å². The summed E-state index contributed by atoms with van der Waals surface area (Å²) in [5, 5.41) is 9.92. The van der Waals surface area contributed by atoms with Crippen molar-refractivity contribution in [3.63, 3.8) is 0 Å². The number of hydrogen-bond donors (Lipinski definition) is 1. The Bertz CT molecular complexity index is 1240. The second-order valence-corrected chi connectivity index (χ2v) is 8.47. The third-order valence-electron chi connectivity index (χ3n) is 6.14. The lowest BCUT2D eigenvalue weighted by Gasteiger charge is -2.32. The maximum Gasteiger partial charge on any atom is 0.201 e. The van der Waals surface area contributed by atoms with Gasteiger partial charge in [0.25, 0.3) is 0 Å². The van der Waals surface area contributed by atoms with Crippen molar-refractivity contribution in [2.45, 2.75) is 32.7 Å². The number of ether oxygens (including phenoxy) is 3. The number of allylic oxidation sites excluding steroid dienone is 1. The minimum absolute atomic E-state index is 0.000329. The van der Waals surface area contributed by atoms with Gasteiger partial charge in [0.2, 0.25) is 5.82 Å². The summed E-state index contributed by atoms with van der Waals surface area (Å²) in [6.07, 6.45) is 1.66. The summed E-state index contributed by atoms with van der Waals surface area (Å²) in [7, 11) is 0. The van der Waals surface area contributed by atoms with Crippen LogP contribution in [0, 0.1) is 29.2 Å². The van der Waals surface area contributed by atoms with Crippen LogP contribution >= 0.6 is 0 Å². The molecule has 1 aliphatic heterocycles. The molecule has 8 heteroatoms. The van der Waals surface area contributed by atoms with Crippen molar-refractivity contribution in [3.8, 4) is 28.0 Å². The standard InChI is InChI=1S/C28H26F4O4/c1-3-13-34-23-12-11-20(25(30)27(23)32)17-7-5-16(6-8-17)19-9-10-21(26(31)24(19)29)28-35-14-18(15-36-28)22(33)4-2/h3,5-13,18,22,28,33H,4,14-15H2,1-2H3/b13-3-. The van der Waals surface area contributed by atoms with Gasteiger partial charge in [0.15, 0.2) is 29.5 Å². The molecule has 1 heterocycles. The van der Waals surface area contributed by atoms with E-state index in [0.29, 0.717) is 17.5 Å². The lowest BCUT2D eigenvalue weighted by Crippen LogP contribution is -2.35. The Morgan fingerprint density at radius 1 is 0.861 bits per heavy atom. The number of halogens is 4. The van der Waals surface area contributed by atoms with E-state index in [9.17, 15) is 22.7 Å². The number of benzene rings is 3. The molecule has 0 aromatic heterocycles. The largest absolute Gasteiger partial charge is 0.462 e. The van der Waals surface area contributed by atoms with Gasteiger partial charge in [-0.3, -0.25) is 0 Å². The van der Waals surface area contributed by atoms with Gasteiger partial charge < -0.3 is 19.3 Å². The Labute approximate surface area is 206 Å². The summed E-state index contributed by atoms with van der Waals surface area (Å²) in [6.45, 7) is 3.86. The van der Waals surface area contributed by atoms with Gasteiger partial charge in [0.05, 0.1) is 25.6 Å². The molecule has 0 bridgehead atoms. The molecule has 1 fully saturated rings. The zero-order chi connectivity index (χ0) is 25.8. The first-order valence-electron chi connectivity index (χ1n) is 11.6. The van der Waals surface area contributed by atoms with Gasteiger partial charge in [-0.25, -0.2) is 13.2 Å². The summed E-state index contributed by atoms with van der Waals surface area (Å²) in [5.74, 6) is -4.85. The van der Waals surface area contributed by atoms with Crippen LogP contribution in [0.2, 0.25) is 0 Å². The molecule has 0 amide bonds. The Hall–Kier alpha value is -3.20. The third-order valence-corrected chi connectivity index (χ3v) is 6.14. The monoisotopic (exact) mass is 502 g/mol. The summed E-state index contributed by atoms with van der Waals surface area (Å²) in [6, 6.07) is 11.5. The van der Waals surface area contributed by atoms with E-state index in [4.69, 9.17) is 14.2 Å². The van der Waals surface area contributed by atoms with Crippen LogP contribution in [0.3, 0.4) is 0 Å². The lowest BCUT2D eigenvalue weighted by molar-refractivity contribution is -0.220. The highest BCUT2D eigenvalue weighted by Crippen LogP contribution is 2.35. The third kappa shape index (κ3) is 5.16. The number of hydrogen-bond acceptors (Lipinski definition) is 4. The minimum Gasteiger partial charge on any atom is -0.462 e. The molecule has 0 spiro atoms. The van der Waals surface area contributed by atoms with Crippen molar-refractivity contribution in [2.24, 2.45) is 5.92 Å². The van der Waals surface area contributed by atoms with Crippen LogP contribution in [0.1, 0.15) is 32.1 Å². The van der Waals surface area contributed by atoms with Gasteiger partial charge in [-0.1, -0.05) is 49.4 Å². The second kappa shape index (κ2) is 11.2. The van der Waals surface area contributed by atoms with Crippen LogP contribution in [0.15, 0.2) is 60.9 Å². The average Bonchev–Trinajstić information content (AvgIpc) is 2.91. The average molecular weight is 503 g/mol. The van der Waals surface area contributed by atoms with E-state index < -0.39 is 35.7 Å². The Morgan fingerprint density at radius 3 is 1.97 bits per heavy atom. The molecule has 1 aliphatic rings. The second-order valence-electron chi connectivity index (χ2n) is 8.47. The number of aliphatic hydroxyl groups is 1. The highest BCUT2D eigenvalue weighted by molar-refractivity contribution is 5.71. The van der Waals surface area contributed by atoms with Gasteiger partial charge in [0, 0.05) is 22.6 Å². The molecule has 1 unspecified atom stereocenters. The Kier molecular flexibility index (Phi) is 8.08. The molecule has 3 aromatic carbocycles. The molecule has 1 saturated heterocycles. The molecule has 4 rings (SSSR count). The first-order chi connectivity index (χ1) is 17.3. The summed E-state index contributed by atoms with van der Waals surface area (Å²) < 4.78 is 74.9. The summed E-state index contributed by atoms with van der Waals surface area (Å²) in [4.78, 5) is 0. The molecular weight excluding hydrogens is 476 g/mol. The fourth-order valence-corrected chi connectivity index (χ4v) is 4.04. The highest BCUT2D eigenvalue weighted by atomic mass is 19.2. The number of rotatable bonds is 7. The van der Waals surface area contributed by atoms with Crippen molar-refractivity contribution in [1.29, 1.82) is 0 Å². The molecule has 1 atom stereocenters. The molecule has 0 radical (unpaired) electrons. The quantitative estimate of drug-likeness (QED) is 0.281. The van der Waals surface area contributed by atoms with Crippen LogP contribution in [0.25, 0.3) is 22.3 Å². The van der Waals surface area contributed by atoms with Crippen LogP contribution in [0.5, 0.6) is 5.75 Å². The normalized spacial score (nSPS) is 19.0. The molecule has 36 heavy (non-hydrogen) atoms. The van der Waals surface area contributed by atoms with Crippen molar-refractivity contribution in [3.05, 3.63) is 89.7 Å². The van der Waals surface area contributed by atoms with Crippen molar-refractivity contribution >= 4 is 0 Å². The zero-order valence-electron chi connectivity index (χ0n) is 19.8. The number of aliphatic hydroxyl groups excluding tert-OH is 1.